The highest BCUT2D eigenvalue weighted by molar-refractivity contribution is 7.93. The first-order chi connectivity index (χ1) is 14.5. The second kappa shape index (κ2) is 8.30. The number of rotatable bonds is 6. The van der Waals surface area contributed by atoms with Crippen molar-refractivity contribution in [2.24, 2.45) is 0 Å². The van der Waals surface area contributed by atoms with Gasteiger partial charge >= 0.3 is 11.9 Å². The molecule has 0 spiro atoms. The number of esters is 2. The summed E-state index contributed by atoms with van der Waals surface area (Å²) in [5.41, 5.74) is 0.184. The zero-order valence-electron chi connectivity index (χ0n) is 18.0. The average Bonchev–Trinajstić information content (AvgIpc) is 3.02. The summed E-state index contributed by atoms with van der Waals surface area (Å²) in [6, 6.07) is 14.4. The maximum Gasteiger partial charge on any atom is 0.336 e. The molecule has 164 valence electrons. The molecule has 0 amide bonds. The molecule has 0 aromatic heterocycles. The van der Waals surface area contributed by atoms with Crippen molar-refractivity contribution < 1.29 is 27.5 Å². The van der Waals surface area contributed by atoms with Crippen LogP contribution in [0.4, 0.5) is 0 Å². The van der Waals surface area contributed by atoms with Crippen LogP contribution in [0.25, 0.3) is 6.08 Å². The van der Waals surface area contributed by atoms with Crippen LogP contribution >= 0.6 is 0 Å². The van der Waals surface area contributed by atoms with E-state index in [0.717, 1.165) is 0 Å². The molecule has 3 rings (SSSR count). The lowest BCUT2D eigenvalue weighted by Crippen LogP contribution is -2.46. The largest absolute Gasteiger partial charge is 0.464 e. The maximum absolute atomic E-state index is 14.0. The second-order valence-corrected chi connectivity index (χ2v) is 10.3. The Morgan fingerprint density at radius 1 is 0.968 bits per heavy atom. The van der Waals surface area contributed by atoms with E-state index >= 15 is 0 Å². The number of ether oxygens (including phenoxy) is 2. The molecular weight excluding hydrogens is 416 g/mol. The number of hydrogen-bond acceptors (Lipinski definition) is 6. The quantitative estimate of drug-likeness (QED) is 0.628. The summed E-state index contributed by atoms with van der Waals surface area (Å²) in [4.78, 5) is 26.1. The predicted molar refractivity (Wildman–Crippen MR) is 117 cm³/mol. The van der Waals surface area contributed by atoms with E-state index in [9.17, 15) is 18.0 Å². The van der Waals surface area contributed by atoms with Gasteiger partial charge in [0, 0.05) is 0 Å². The standard InChI is InChI=1S/C24H26O6S/c1-5-29-22(26)24(31(27,28)19-12-7-6-8-13-19)18(16-21(25)30-23(2,3)4)15-17-11-9-10-14-20(17)24/h6-15H,5,16H2,1-4H3. The summed E-state index contributed by atoms with van der Waals surface area (Å²) in [6.07, 6.45) is 1.22. The monoisotopic (exact) mass is 442 g/mol. The summed E-state index contributed by atoms with van der Waals surface area (Å²) in [6.45, 7) is 6.78. The predicted octanol–water partition coefficient (Wildman–Crippen LogP) is 4.05. The van der Waals surface area contributed by atoms with Gasteiger partial charge in [0.1, 0.15) is 5.60 Å². The van der Waals surface area contributed by atoms with Crippen LogP contribution in [-0.4, -0.2) is 32.6 Å². The van der Waals surface area contributed by atoms with Crippen LogP contribution in [0.3, 0.4) is 0 Å². The number of benzene rings is 2. The normalized spacial score (nSPS) is 18.1. The van der Waals surface area contributed by atoms with Crippen LogP contribution in [0.2, 0.25) is 0 Å². The molecule has 0 radical (unpaired) electrons. The molecule has 0 bridgehead atoms. The first-order valence-electron chi connectivity index (χ1n) is 10.0. The molecule has 0 saturated heterocycles. The van der Waals surface area contributed by atoms with Crippen LogP contribution in [0.5, 0.6) is 0 Å². The van der Waals surface area contributed by atoms with E-state index in [4.69, 9.17) is 9.47 Å². The highest BCUT2D eigenvalue weighted by atomic mass is 32.2. The number of fused-ring (bicyclic) bond motifs is 1. The fourth-order valence-corrected chi connectivity index (χ4v) is 5.89. The van der Waals surface area contributed by atoms with Crippen LogP contribution in [-0.2, 0) is 33.6 Å². The molecule has 1 atom stereocenters. The van der Waals surface area contributed by atoms with Crippen molar-refractivity contribution in [1.82, 2.24) is 0 Å². The zero-order chi connectivity index (χ0) is 22.9. The molecule has 1 unspecified atom stereocenters. The number of carbonyl (C=O) groups excluding carboxylic acids is 2. The fraction of sp³-hybridized carbons (Fsp3) is 0.333. The Hall–Kier alpha value is -2.93. The Labute approximate surface area is 182 Å². The van der Waals surface area contributed by atoms with Crippen molar-refractivity contribution in [3.63, 3.8) is 0 Å². The molecular formula is C24H26O6S. The summed E-state index contributed by atoms with van der Waals surface area (Å²) >= 11 is 0. The third-order valence-corrected chi connectivity index (χ3v) is 7.24. The highest BCUT2D eigenvalue weighted by Crippen LogP contribution is 2.50. The molecule has 0 aliphatic heterocycles. The highest BCUT2D eigenvalue weighted by Gasteiger charge is 2.60. The minimum atomic E-state index is -4.32. The number of sulfone groups is 1. The average molecular weight is 443 g/mol. The zero-order valence-corrected chi connectivity index (χ0v) is 18.9. The molecule has 0 fully saturated rings. The third-order valence-electron chi connectivity index (χ3n) is 4.90. The molecule has 6 nitrogen and oxygen atoms in total. The van der Waals surface area contributed by atoms with Crippen molar-refractivity contribution in [2.45, 2.75) is 49.4 Å². The molecule has 1 aliphatic carbocycles. The first-order valence-corrected chi connectivity index (χ1v) is 11.5. The van der Waals surface area contributed by atoms with Gasteiger partial charge in [0.15, 0.2) is 0 Å². The SMILES string of the molecule is CCOC(=O)C1(S(=O)(=O)c2ccccc2)C(CC(=O)OC(C)(C)C)=Cc2ccccc21. The van der Waals surface area contributed by atoms with Crippen LogP contribution in [0.1, 0.15) is 45.2 Å². The van der Waals surface area contributed by atoms with Gasteiger partial charge in [-0.05, 0) is 56.5 Å². The van der Waals surface area contributed by atoms with E-state index in [2.05, 4.69) is 0 Å². The summed E-state index contributed by atoms with van der Waals surface area (Å²) in [5, 5.41) is 0. The minimum Gasteiger partial charge on any atom is -0.464 e. The number of hydrogen-bond donors (Lipinski definition) is 0. The molecule has 2 aromatic carbocycles. The Kier molecular flexibility index (Phi) is 6.09. The van der Waals surface area contributed by atoms with E-state index < -0.39 is 32.1 Å². The lowest BCUT2D eigenvalue weighted by Gasteiger charge is -2.31. The minimum absolute atomic E-state index is 0.00717. The lowest BCUT2D eigenvalue weighted by atomic mass is 9.92. The van der Waals surface area contributed by atoms with Crippen molar-refractivity contribution in [2.75, 3.05) is 6.61 Å². The van der Waals surface area contributed by atoms with Crippen LogP contribution in [0, 0.1) is 0 Å². The summed E-state index contributed by atoms with van der Waals surface area (Å²) in [7, 11) is -4.32. The Morgan fingerprint density at radius 3 is 2.19 bits per heavy atom. The maximum atomic E-state index is 14.0. The molecule has 31 heavy (non-hydrogen) atoms. The molecule has 2 aromatic rings. The van der Waals surface area contributed by atoms with Gasteiger partial charge in [-0.25, -0.2) is 13.2 Å². The Balaban J connectivity index is 2.26. The smallest absolute Gasteiger partial charge is 0.336 e. The third kappa shape index (κ3) is 4.02. The van der Waals surface area contributed by atoms with Gasteiger partial charge in [-0.3, -0.25) is 4.79 Å². The Morgan fingerprint density at radius 2 is 1.58 bits per heavy atom. The van der Waals surface area contributed by atoms with Gasteiger partial charge in [0.05, 0.1) is 17.9 Å². The molecule has 7 heteroatoms. The van der Waals surface area contributed by atoms with Crippen LogP contribution < -0.4 is 0 Å². The fourth-order valence-electron chi connectivity index (χ4n) is 3.79. The second-order valence-electron chi connectivity index (χ2n) is 8.24. The lowest BCUT2D eigenvalue weighted by molar-refractivity contribution is -0.154. The van der Waals surface area contributed by atoms with Crippen molar-refractivity contribution in [1.29, 1.82) is 0 Å². The van der Waals surface area contributed by atoms with Gasteiger partial charge in [-0.2, -0.15) is 0 Å². The van der Waals surface area contributed by atoms with Crippen LogP contribution in [0.15, 0.2) is 65.1 Å². The first kappa shape index (κ1) is 22.7. The van der Waals surface area contributed by atoms with Crippen molar-refractivity contribution in [3.8, 4) is 0 Å². The number of carbonyl (C=O) groups is 2. The summed E-state index contributed by atoms with van der Waals surface area (Å²) in [5.74, 6) is -1.55. The van der Waals surface area contributed by atoms with E-state index in [1.165, 1.54) is 12.1 Å². The van der Waals surface area contributed by atoms with E-state index in [0.29, 0.717) is 5.56 Å². The molecule has 0 heterocycles. The van der Waals surface area contributed by atoms with Gasteiger partial charge in [-0.15, -0.1) is 0 Å². The van der Waals surface area contributed by atoms with Gasteiger partial charge in [-0.1, -0.05) is 48.5 Å². The van der Waals surface area contributed by atoms with E-state index in [-0.39, 0.29) is 29.1 Å². The molecule has 0 N–H and O–H groups in total. The van der Waals surface area contributed by atoms with E-state index in [1.54, 1.807) is 76.2 Å². The van der Waals surface area contributed by atoms with Gasteiger partial charge in [0.2, 0.25) is 14.6 Å². The van der Waals surface area contributed by atoms with Gasteiger partial charge < -0.3 is 9.47 Å². The Bertz CT molecular complexity index is 1130. The molecule has 0 saturated carbocycles. The summed E-state index contributed by atoms with van der Waals surface area (Å²) < 4.78 is 36.6. The topological polar surface area (TPSA) is 86.7 Å². The van der Waals surface area contributed by atoms with Crippen molar-refractivity contribution >= 4 is 27.9 Å². The van der Waals surface area contributed by atoms with E-state index in [1.807, 2.05) is 0 Å². The van der Waals surface area contributed by atoms with Gasteiger partial charge in [0.25, 0.3) is 0 Å². The van der Waals surface area contributed by atoms with Crippen molar-refractivity contribution in [3.05, 3.63) is 71.3 Å². The molecule has 1 aliphatic rings.